The van der Waals surface area contributed by atoms with E-state index in [0.717, 1.165) is 28.5 Å². The second kappa shape index (κ2) is 13.1. The van der Waals surface area contributed by atoms with Gasteiger partial charge in [-0.05, 0) is 53.8 Å². The molecule has 0 aliphatic rings. The predicted molar refractivity (Wildman–Crippen MR) is 163 cm³/mol. The van der Waals surface area contributed by atoms with E-state index in [1.165, 1.54) is 32.4 Å². The molecule has 41 heavy (non-hydrogen) atoms. The molecule has 1 atom stereocenters. The number of carbonyl (C=O) groups is 1. The minimum absolute atomic E-state index is 0.0164. The van der Waals surface area contributed by atoms with Gasteiger partial charge in [-0.25, -0.2) is 4.79 Å². The Labute approximate surface area is 243 Å². The zero-order chi connectivity index (χ0) is 29.7. The molecule has 2 aromatic heterocycles. The van der Waals surface area contributed by atoms with Gasteiger partial charge in [0.05, 0.1) is 12.6 Å². The molecular weight excluding hydrogens is 544 g/mol. The largest absolute Gasteiger partial charge is 0.504 e. The first-order valence-electron chi connectivity index (χ1n) is 14.0. The molecular formula is C31H37ClN4O5. The Morgan fingerprint density at radius 1 is 1.12 bits per heavy atom. The van der Waals surface area contributed by atoms with Crippen LogP contribution in [0.1, 0.15) is 63.9 Å². The quantitative estimate of drug-likeness (QED) is 0.185. The van der Waals surface area contributed by atoms with Gasteiger partial charge in [0, 0.05) is 31.3 Å². The topological polar surface area (TPSA) is 118 Å². The number of hydrogen-bond acceptors (Lipinski definition) is 5. The van der Waals surface area contributed by atoms with Crippen LogP contribution in [0.15, 0.2) is 52.1 Å². The van der Waals surface area contributed by atoms with Gasteiger partial charge in [-0.15, -0.1) is 0 Å². The average Bonchev–Trinajstić information content (AvgIpc) is 3.30. The molecule has 9 nitrogen and oxygen atoms in total. The van der Waals surface area contributed by atoms with Crippen molar-refractivity contribution in [2.24, 2.45) is 0 Å². The molecule has 0 radical (unpaired) electrons. The molecule has 0 aliphatic heterocycles. The number of rotatable bonds is 12. The number of carbonyl (C=O) groups excluding carboxylic acids is 1. The maximum atomic E-state index is 13.4. The number of methoxy groups -OCH3 is 1. The number of nitrogens with one attached hydrogen (secondary N) is 2. The van der Waals surface area contributed by atoms with Crippen LogP contribution in [-0.4, -0.2) is 39.3 Å². The highest BCUT2D eigenvalue weighted by molar-refractivity contribution is 6.31. The molecule has 2 aromatic carbocycles. The number of phenolic OH excluding ortho intramolecular Hbond substituents is 1. The fourth-order valence-electron chi connectivity index (χ4n) is 5.11. The molecule has 2 heterocycles. The van der Waals surface area contributed by atoms with Crippen molar-refractivity contribution in [3.8, 4) is 28.3 Å². The molecule has 1 amide bonds. The maximum Gasteiger partial charge on any atom is 0.328 e. The van der Waals surface area contributed by atoms with Gasteiger partial charge in [0.15, 0.2) is 11.5 Å². The van der Waals surface area contributed by atoms with E-state index in [1.54, 1.807) is 23.8 Å². The number of hydrogen-bond donors (Lipinski definition) is 3. The summed E-state index contributed by atoms with van der Waals surface area (Å²) in [5.41, 5.74) is 2.45. The summed E-state index contributed by atoms with van der Waals surface area (Å²) in [5, 5.41) is 13.7. The van der Waals surface area contributed by atoms with Crippen LogP contribution in [0.25, 0.3) is 27.8 Å². The number of H-pyrrole nitrogens is 1. The Kier molecular flexibility index (Phi) is 9.60. The second-order valence-electron chi connectivity index (χ2n) is 10.3. The van der Waals surface area contributed by atoms with E-state index >= 15 is 0 Å². The highest BCUT2D eigenvalue weighted by Crippen LogP contribution is 2.41. The molecule has 0 unspecified atom stereocenters. The average molecular weight is 581 g/mol. The summed E-state index contributed by atoms with van der Waals surface area (Å²) in [6.07, 6.45) is 5.80. The maximum absolute atomic E-state index is 13.4. The number of fused-ring (bicyclic) bond motifs is 1. The predicted octanol–water partition coefficient (Wildman–Crippen LogP) is 5.73. The third-order valence-electron chi connectivity index (χ3n) is 7.55. The molecule has 0 fully saturated rings. The molecule has 0 saturated carbocycles. The number of aromatic nitrogens is 3. The van der Waals surface area contributed by atoms with Crippen LogP contribution in [0.2, 0.25) is 5.15 Å². The Hall–Kier alpha value is -3.98. The molecule has 0 bridgehead atoms. The summed E-state index contributed by atoms with van der Waals surface area (Å²) in [6.45, 7) is 4.32. The van der Waals surface area contributed by atoms with Crippen molar-refractivity contribution in [3.05, 3.63) is 74.0 Å². The summed E-state index contributed by atoms with van der Waals surface area (Å²) in [6, 6.07) is 12.7. The van der Waals surface area contributed by atoms with Gasteiger partial charge in [-0.2, -0.15) is 0 Å². The van der Waals surface area contributed by atoms with Gasteiger partial charge >= 0.3 is 5.69 Å². The number of aromatic amines is 1. The number of ether oxygens (including phenoxy) is 1. The number of benzene rings is 2. The summed E-state index contributed by atoms with van der Waals surface area (Å²) >= 11 is 6.54. The molecule has 0 saturated heterocycles. The number of halogens is 1. The smallest absolute Gasteiger partial charge is 0.328 e. The normalized spacial score (nSPS) is 12.0. The minimum Gasteiger partial charge on any atom is -0.504 e. The van der Waals surface area contributed by atoms with Crippen molar-refractivity contribution in [2.75, 3.05) is 14.2 Å². The molecule has 3 N–H and O–H groups in total. The SMILES string of the molecule is CCCCCC[C@H](C)c1cc(OC)c(O)c(-c2ccc(-n3c(Cl)cc4[nH]c(=O)n(CCC(=O)NC)c(=O)c43)cc2)c1. The number of nitrogens with zero attached hydrogens (tertiary/aromatic N) is 2. The van der Waals surface area contributed by atoms with E-state index in [-0.39, 0.29) is 35.3 Å². The van der Waals surface area contributed by atoms with Crippen LogP contribution in [0.4, 0.5) is 0 Å². The third kappa shape index (κ3) is 6.35. The standard InChI is InChI=1S/C31H37ClN4O5/c1-5-6-7-8-9-19(2)21-16-23(29(38)25(17-21)41-4)20-10-12-22(13-11-20)36-26(32)18-24-28(36)30(39)35(31(40)34-24)15-14-27(37)33-3/h10-13,16-19,38H,5-9,14-15H2,1-4H3,(H,33,37)(H,34,40)/t19-/m0/s1. The second-order valence-corrected chi connectivity index (χ2v) is 10.7. The van der Waals surface area contributed by atoms with Crippen molar-refractivity contribution >= 4 is 28.5 Å². The molecule has 218 valence electrons. The van der Waals surface area contributed by atoms with Gasteiger partial charge in [0.25, 0.3) is 5.56 Å². The number of aromatic hydroxyl groups is 1. The lowest BCUT2D eigenvalue weighted by molar-refractivity contribution is -0.120. The van der Waals surface area contributed by atoms with E-state index < -0.39 is 11.2 Å². The van der Waals surface area contributed by atoms with Gasteiger partial charge in [-0.1, -0.05) is 63.3 Å². The molecule has 0 aliphatic carbocycles. The van der Waals surface area contributed by atoms with E-state index in [2.05, 4.69) is 24.1 Å². The zero-order valence-electron chi connectivity index (χ0n) is 23.9. The lowest BCUT2D eigenvalue weighted by Crippen LogP contribution is -2.37. The van der Waals surface area contributed by atoms with E-state index in [4.69, 9.17) is 16.3 Å². The van der Waals surface area contributed by atoms with Crippen LogP contribution in [0, 0.1) is 0 Å². The van der Waals surface area contributed by atoms with Crippen molar-refractivity contribution in [1.29, 1.82) is 0 Å². The summed E-state index contributed by atoms with van der Waals surface area (Å²) in [5.74, 6) is 0.498. The minimum atomic E-state index is -0.612. The lowest BCUT2D eigenvalue weighted by atomic mass is 9.91. The molecule has 4 rings (SSSR count). The number of phenols is 1. The Balaban J connectivity index is 1.71. The van der Waals surface area contributed by atoms with E-state index in [1.807, 2.05) is 24.3 Å². The monoisotopic (exact) mass is 580 g/mol. The zero-order valence-corrected chi connectivity index (χ0v) is 24.7. The van der Waals surface area contributed by atoms with Crippen molar-refractivity contribution in [1.82, 2.24) is 19.4 Å². The van der Waals surface area contributed by atoms with Crippen molar-refractivity contribution in [3.63, 3.8) is 0 Å². The molecule has 4 aromatic rings. The first-order chi connectivity index (χ1) is 19.7. The number of unbranched alkanes of at least 4 members (excludes halogenated alkanes) is 3. The highest BCUT2D eigenvalue weighted by Gasteiger charge is 2.19. The first kappa shape index (κ1) is 30.0. The van der Waals surface area contributed by atoms with Gasteiger partial charge in [0.1, 0.15) is 10.7 Å². The van der Waals surface area contributed by atoms with Crippen LogP contribution in [0.3, 0.4) is 0 Å². The summed E-state index contributed by atoms with van der Waals surface area (Å²) < 4.78 is 8.06. The van der Waals surface area contributed by atoms with Crippen LogP contribution >= 0.6 is 11.6 Å². The van der Waals surface area contributed by atoms with Gasteiger partial charge < -0.3 is 20.1 Å². The van der Waals surface area contributed by atoms with Crippen molar-refractivity contribution in [2.45, 2.75) is 64.8 Å². The summed E-state index contributed by atoms with van der Waals surface area (Å²) in [4.78, 5) is 40.3. The fraction of sp³-hybridized carbons (Fsp3) is 0.387. The van der Waals surface area contributed by atoms with Crippen LogP contribution in [0.5, 0.6) is 11.5 Å². The van der Waals surface area contributed by atoms with Gasteiger partial charge in [0.2, 0.25) is 5.91 Å². The Bertz CT molecular complexity index is 1650. The molecule has 10 heteroatoms. The Morgan fingerprint density at radius 2 is 1.85 bits per heavy atom. The fourth-order valence-corrected chi connectivity index (χ4v) is 5.40. The highest BCUT2D eigenvalue weighted by atomic mass is 35.5. The van der Waals surface area contributed by atoms with E-state index in [9.17, 15) is 19.5 Å². The first-order valence-corrected chi connectivity index (χ1v) is 14.3. The molecule has 0 spiro atoms. The van der Waals surface area contributed by atoms with Crippen molar-refractivity contribution < 1.29 is 14.6 Å². The Morgan fingerprint density at radius 3 is 2.51 bits per heavy atom. The van der Waals surface area contributed by atoms with Crippen LogP contribution < -0.4 is 21.3 Å². The summed E-state index contributed by atoms with van der Waals surface area (Å²) in [7, 11) is 3.04. The van der Waals surface area contributed by atoms with Crippen LogP contribution in [-0.2, 0) is 11.3 Å². The van der Waals surface area contributed by atoms with Gasteiger partial charge in [-0.3, -0.25) is 18.7 Å². The lowest BCUT2D eigenvalue weighted by Gasteiger charge is -2.17. The number of amides is 1. The third-order valence-corrected chi connectivity index (χ3v) is 7.82. The van der Waals surface area contributed by atoms with E-state index in [0.29, 0.717) is 28.4 Å².